The fourth-order valence-corrected chi connectivity index (χ4v) is 4.13. The lowest BCUT2D eigenvalue weighted by atomic mass is 10.1. The van der Waals surface area contributed by atoms with E-state index in [1.54, 1.807) is 17.4 Å². The molecule has 0 aliphatic heterocycles. The highest BCUT2D eigenvalue weighted by Crippen LogP contribution is 2.24. The van der Waals surface area contributed by atoms with Gasteiger partial charge in [0.2, 0.25) is 15.9 Å². The Morgan fingerprint density at radius 3 is 2.73 bits per heavy atom. The fraction of sp³-hybridized carbons (Fsp3) is 0.111. The number of nitrogens with zero attached hydrogens (tertiary/aromatic N) is 2. The predicted molar refractivity (Wildman–Crippen MR) is 102 cm³/mol. The Morgan fingerprint density at radius 2 is 2.04 bits per heavy atom. The first-order valence-electron chi connectivity index (χ1n) is 7.76. The lowest BCUT2D eigenvalue weighted by Gasteiger charge is -2.16. The first-order valence-corrected chi connectivity index (χ1v) is 10.1. The minimum Gasteiger partial charge on any atom is -0.325 e. The van der Waals surface area contributed by atoms with E-state index in [9.17, 15) is 13.2 Å². The average Bonchev–Trinajstić information content (AvgIpc) is 3.17. The number of nitrogens with one attached hydrogen (secondary N) is 1. The maximum absolute atomic E-state index is 12.4. The number of aromatic nitrogens is 1. The van der Waals surface area contributed by atoms with E-state index in [1.165, 1.54) is 31.6 Å². The van der Waals surface area contributed by atoms with E-state index in [-0.39, 0.29) is 11.4 Å². The summed E-state index contributed by atoms with van der Waals surface area (Å²) < 4.78 is 25.9. The number of carbonyl (C=O) groups excluding carboxylic acids is 1. The monoisotopic (exact) mass is 387 g/mol. The van der Waals surface area contributed by atoms with Crippen molar-refractivity contribution in [3.8, 4) is 11.1 Å². The normalized spacial score (nSPS) is 11.5. The van der Waals surface area contributed by atoms with Crippen molar-refractivity contribution in [2.45, 2.75) is 4.90 Å². The highest BCUT2D eigenvalue weighted by atomic mass is 32.2. The van der Waals surface area contributed by atoms with E-state index in [4.69, 9.17) is 0 Å². The molecule has 3 rings (SSSR count). The Kier molecular flexibility index (Phi) is 5.46. The van der Waals surface area contributed by atoms with Crippen LogP contribution in [0.2, 0.25) is 0 Å². The van der Waals surface area contributed by atoms with Gasteiger partial charge < -0.3 is 5.32 Å². The van der Waals surface area contributed by atoms with Gasteiger partial charge >= 0.3 is 0 Å². The Hall–Kier alpha value is -2.55. The van der Waals surface area contributed by atoms with E-state index in [2.05, 4.69) is 10.3 Å². The van der Waals surface area contributed by atoms with Gasteiger partial charge in [-0.2, -0.15) is 15.6 Å². The zero-order valence-electron chi connectivity index (χ0n) is 14.0. The molecule has 2 heterocycles. The summed E-state index contributed by atoms with van der Waals surface area (Å²) >= 11 is 1.60. The molecular formula is C18H17N3O3S2. The second kappa shape index (κ2) is 7.77. The number of hydrogen-bond donors (Lipinski definition) is 1. The largest absolute Gasteiger partial charge is 0.325 e. The van der Waals surface area contributed by atoms with Gasteiger partial charge in [0, 0.05) is 25.1 Å². The van der Waals surface area contributed by atoms with Crippen LogP contribution >= 0.6 is 11.3 Å². The molecule has 134 valence electrons. The average molecular weight is 387 g/mol. The number of thiophene rings is 1. The van der Waals surface area contributed by atoms with Crippen LogP contribution in [-0.4, -0.2) is 37.2 Å². The van der Waals surface area contributed by atoms with Crippen LogP contribution in [0.1, 0.15) is 0 Å². The smallest absolute Gasteiger partial charge is 0.244 e. The number of sulfonamides is 1. The number of anilines is 1. The Bertz CT molecular complexity index is 988. The second-order valence-corrected chi connectivity index (χ2v) is 8.42. The van der Waals surface area contributed by atoms with Crippen LogP contribution in [0.3, 0.4) is 0 Å². The van der Waals surface area contributed by atoms with E-state index >= 15 is 0 Å². The molecule has 0 fully saturated rings. The van der Waals surface area contributed by atoms with Gasteiger partial charge in [0.25, 0.3) is 0 Å². The summed E-state index contributed by atoms with van der Waals surface area (Å²) in [4.78, 5) is 16.1. The minimum atomic E-state index is -3.76. The zero-order valence-corrected chi connectivity index (χ0v) is 15.6. The second-order valence-electron chi connectivity index (χ2n) is 5.59. The third-order valence-electron chi connectivity index (χ3n) is 3.71. The number of benzene rings is 1. The van der Waals surface area contributed by atoms with Gasteiger partial charge in [-0.25, -0.2) is 8.42 Å². The van der Waals surface area contributed by atoms with E-state index in [0.29, 0.717) is 5.69 Å². The summed E-state index contributed by atoms with van der Waals surface area (Å²) in [6, 6.07) is 12.4. The van der Waals surface area contributed by atoms with Crippen molar-refractivity contribution in [3.63, 3.8) is 0 Å². The molecule has 26 heavy (non-hydrogen) atoms. The minimum absolute atomic E-state index is 0.0507. The maximum Gasteiger partial charge on any atom is 0.244 e. The zero-order chi connectivity index (χ0) is 18.6. The van der Waals surface area contributed by atoms with Crippen molar-refractivity contribution in [2.75, 3.05) is 18.9 Å². The number of pyridine rings is 1. The lowest BCUT2D eigenvalue weighted by molar-refractivity contribution is -0.116. The molecule has 0 aliphatic carbocycles. The molecule has 0 atom stereocenters. The topological polar surface area (TPSA) is 79.4 Å². The molecule has 0 saturated heterocycles. The number of hydrogen-bond acceptors (Lipinski definition) is 5. The Balaban J connectivity index is 1.68. The molecule has 0 saturated carbocycles. The van der Waals surface area contributed by atoms with Crippen molar-refractivity contribution in [1.82, 2.24) is 9.29 Å². The van der Waals surface area contributed by atoms with Crippen LogP contribution in [0.4, 0.5) is 5.69 Å². The van der Waals surface area contributed by atoms with E-state index in [0.717, 1.165) is 15.4 Å². The highest BCUT2D eigenvalue weighted by Gasteiger charge is 2.23. The fourth-order valence-electron chi connectivity index (χ4n) is 2.37. The number of rotatable bonds is 6. The standard InChI is InChI=1S/C18H17N3O3S2/c1-21(26(23,24)17-6-3-8-19-11-17)12-18(22)20-16-5-2-4-14(10-16)15-7-9-25-13-15/h2-11,13H,12H2,1H3,(H,20,22). The third-order valence-corrected chi connectivity index (χ3v) is 6.18. The lowest BCUT2D eigenvalue weighted by Crippen LogP contribution is -2.35. The van der Waals surface area contributed by atoms with Gasteiger partial charge in [-0.3, -0.25) is 9.78 Å². The SMILES string of the molecule is CN(CC(=O)Nc1cccc(-c2ccsc2)c1)S(=O)(=O)c1cccnc1. The molecule has 0 bridgehead atoms. The molecule has 0 radical (unpaired) electrons. The first-order chi connectivity index (χ1) is 12.5. The molecular weight excluding hydrogens is 370 g/mol. The van der Waals surface area contributed by atoms with Crippen LogP contribution in [0.5, 0.6) is 0 Å². The summed E-state index contributed by atoms with van der Waals surface area (Å²) in [6.45, 7) is -0.292. The maximum atomic E-state index is 12.4. The van der Waals surface area contributed by atoms with Gasteiger partial charge in [-0.05, 0) is 52.2 Å². The number of likely N-dealkylation sites (N-methyl/N-ethyl adjacent to an activating group) is 1. The van der Waals surface area contributed by atoms with Gasteiger partial charge in [0.1, 0.15) is 4.90 Å². The molecule has 2 aromatic heterocycles. The van der Waals surface area contributed by atoms with Crippen LogP contribution in [-0.2, 0) is 14.8 Å². The van der Waals surface area contributed by atoms with E-state index in [1.807, 2.05) is 35.0 Å². The molecule has 1 aromatic carbocycles. The number of amides is 1. The Labute approximate surface area is 156 Å². The van der Waals surface area contributed by atoms with Crippen molar-refractivity contribution in [2.24, 2.45) is 0 Å². The summed E-state index contributed by atoms with van der Waals surface area (Å²) in [5.41, 5.74) is 2.67. The summed E-state index contributed by atoms with van der Waals surface area (Å²) in [6.07, 6.45) is 2.75. The molecule has 0 aliphatic rings. The third kappa shape index (κ3) is 4.16. The van der Waals surface area contributed by atoms with Crippen molar-refractivity contribution < 1.29 is 13.2 Å². The summed E-state index contributed by atoms with van der Waals surface area (Å²) in [5.74, 6) is -0.414. The van der Waals surface area contributed by atoms with E-state index < -0.39 is 15.9 Å². The molecule has 8 heteroatoms. The van der Waals surface area contributed by atoms with Gasteiger partial charge in [-0.15, -0.1) is 0 Å². The van der Waals surface area contributed by atoms with Gasteiger partial charge in [0.05, 0.1) is 6.54 Å². The van der Waals surface area contributed by atoms with Gasteiger partial charge in [-0.1, -0.05) is 12.1 Å². The van der Waals surface area contributed by atoms with Crippen LogP contribution in [0, 0.1) is 0 Å². The van der Waals surface area contributed by atoms with Crippen molar-refractivity contribution in [3.05, 3.63) is 65.6 Å². The van der Waals surface area contributed by atoms with Crippen LogP contribution < -0.4 is 5.32 Å². The van der Waals surface area contributed by atoms with Crippen molar-refractivity contribution >= 4 is 33.0 Å². The molecule has 1 N–H and O–H groups in total. The van der Waals surface area contributed by atoms with Gasteiger partial charge in [0.15, 0.2) is 0 Å². The van der Waals surface area contributed by atoms with Crippen molar-refractivity contribution in [1.29, 1.82) is 0 Å². The van der Waals surface area contributed by atoms with Crippen LogP contribution in [0.15, 0.2) is 70.5 Å². The highest BCUT2D eigenvalue weighted by molar-refractivity contribution is 7.89. The molecule has 3 aromatic rings. The molecule has 0 spiro atoms. The summed E-state index contributed by atoms with van der Waals surface area (Å²) in [5, 5.41) is 6.75. The quantitative estimate of drug-likeness (QED) is 0.705. The van der Waals surface area contributed by atoms with Crippen LogP contribution in [0.25, 0.3) is 11.1 Å². The Morgan fingerprint density at radius 1 is 1.19 bits per heavy atom. The number of carbonyl (C=O) groups is 1. The molecule has 1 amide bonds. The molecule has 0 unspecified atom stereocenters. The summed E-state index contributed by atoms with van der Waals surface area (Å²) in [7, 11) is -2.39. The predicted octanol–water partition coefficient (Wildman–Crippen LogP) is 3.07. The molecule has 6 nitrogen and oxygen atoms in total. The first kappa shape index (κ1) is 18.2.